The van der Waals surface area contributed by atoms with Crippen molar-refractivity contribution in [2.75, 3.05) is 5.73 Å². The minimum Gasteiger partial charge on any atom is -0.397 e. The fraction of sp³-hybridized carbons (Fsp3) is 0.231. The molecule has 1 heterocycles. The molecule has 0 spiro atoms. The van der Waals surface area contributed by atoms with Crippen LogP contribution in [0, 0.1) is 13.8 Å². The van der Waals surface area contributed by atoms with Gasteiger partial charge in [-0.05, 0) is 37.6 Å². The molecule has 0 fully saturated rings. The largest absolute Gasteiger partial charge is 0.397 e. The van der Waals surface area contributed by atoms with E-state index in [1.54, 1.807) is 26.1 Å². The second kappa shape index (κ2) is 5.97. The lowest BCUT2D eigenvalue weighted by Gasteiger charge is -2.11. The second-order valence-corrected chi connectivity index (χ2v) is 6.70. The monoisotopic (exact) mass is 326 g/mol. The highest BCUT2D eigenvalue weighted by Gasteiger charge is 2.18. The number of sulfonamides is 1. The first-order chi connectivity index (χ1) is 9.79. The molecule has 0 amide bonds. The van der Waals surface area contributed by atoms with E-state index in [1.165, 1.54) is 12.1 Å². The number of aryl methyl sites for hydroxylation is 2. The van der Waals surface area contributed by atoms with E-state index in [0.717, 1.165) is 0 Å². The second-order valence-electron chi connectivity index (χ2n) is 4.56. The Bertz CT molecular complexity index is 778. The molecule has 0 saturated carbocycles. The van der Waals surface area contributed by atoms with Crippen LogP contribution < -0.4 is 10.5 Å². The summed E-state index contributed by atoms with van der Waals surface area (Å²) in [5.41, 5.74) is 7.01. The van der Waals surface area contributed by atoms with Crippen LogP contribution in [0.25, 0.3) is 0 Å². The first-order valence-electron chi connectivity index (χ1n) is 6.13. The van der Waals surface area contributed by atoms with Gasteiger partial charge in [-0.3, -0.25) is 0 Å². The van der Waals surface area contributed by atoms with E-state index < -0.39 is 10.0 Å². The Kier molecular flexibility index (Phi) is 4.46. The number of benzene rings is 1. The first kappa shape index (κ1) is 15.7. The summed E-state index contributed by atoms with van der Waals surface area (Å²) in [4.78, 5) is 8.21. The molecular weight excluding hydrogens is 312 g/mol. The standard InChI is InChI=1S/C13H15ClN4O2S/c1-8-5-11(14)12(15)6-13(8)21(19,20)17-7-10-3-4-16-9(2)18-10/h3-6,17H,7,15H2,1-2H3. The van der Waals surface area contributed by atoms with Gasteiger partial charge in [0.05, 0.1) is 27.8 Å². The van der Waals surface area contributed by atoms with Crippen molar-refractivity contribution < 1.29 is 8.42 Å². The number of aromatic nitrogens is 2. The summed E-state index contributed by atoms with van der Waals surface area (Å²) in [6.45, 7) is 3.48. The van der Waals surface area contributed by atoms with Crippen LogP contribution in [-0.4, -0.2) is 18.4 Å². The van der Waals surface area contributed by atoms with Gasteiger partial charge in [-0.2, -0.15) is 0 Å². The zero-order chi connectivity index (χ0) is 15.6. The van der Waals surface area contributed by atoms with Crippen LogP contribution >= 0.6 is 11.6 Å². The van der Waals surface area contributed by atoms with Crippen molar-refractivity contribution >= 4 is 27.3 Å². The third-order valence-electron chi connectivity index (χ3n) is 2.86. The Morgan fingerprint density at radius 1 is 1.33 bits per heavy atom. The van der Waals surface area contributed by atoms with Gasteiger partial charge < -0.3 is 5.73 Å². The molecule has 2 aromatic rings. The molecule has 0 bridgehead atoms. The normalized spacial score (nSPS) is 11.6. The predicted molar refractivity (Wildman–Crippen MR) is 81.4 cm³/mol. The Balaban J connectivity index is 2.25. The lowest BCUT2D eigenvalue weighted by molar-refractivity contribution is 0.579. The fourth-order valence-corrected chi connectivity index (χ4v) is 3.28. The number of anilines is 1. The number of rotatable bonds is 4. The van der Waals surface area contributed by atoms with Gasteiger partial charge in [-0.15, -0.1) is 0 Å². The molecule has 112 valence electrons. The van der Waals surface area contributed by atoms with Crippen LogP contribution in [0.1, 0.15) is 17.1 Å². The molecule has 8 heteroatoms. The number of hydrogen-bond donors (Lipinski definition) is 2. The summed E-state index contributed by atoms with van der Waals surface area (Å²) in [7, 11) is -3.69. The highest BCUT2D eigenvalue weighted by molar-refractivity contribution is 7.89. The molecular formula is C13H15ClN4O2S. The van der Waals surface area contributed by atoms with Gasteiger partial charge in [0, 0.05) is 6.20 Å². The maximum absolute atomic E-state index is 12.3. The van der Waals surface area contributed by atoms with Crippen LogP contribution in [-0.2, 0) is 16.6 Å². The Labute approximate surface area is 128 Å². The highest BCUT2D eigenvalue weighted by Crippen LogP contribution is 2.26. The molecule has 0 atom stereocenters. The molecule has 21 heavy (non-hydrogen) atoms. The zero-order valence-corrected chi connectivity index (χ0v) is 13.2. The zero-order valence-electron chi connectivity index (χ0n) is 11.6. The summed E-state index contributed by atoms with van der Waals surface area (Å²) < 4.78 is 27.1. The van der Waals surface area contributed by atoms with Gasteiger partial charge in [0.2, 0.25) is 10.0 Å². The molecule has 0 aliphatic rings. The van der Waals surface area contributed by atoms with E-state index in [-0.39, 0.29) is 17.1 Å². The van der Waals surface area contributed by atoms with Gasteiger partial charge >= 0.3 is 0 Å². The minimum atomic E-state index is -3.69. The highest BCUT2D eigenvalue weighted by atomic mass is 35.5. The SMILES string of the molecule is Cc1nccc(CNS(=O)(=O)c2cc(N)c(Cl)cc2C)n1. The Morgan fingerprint density at radius 3 is 2.71 bits per heavy atom. The number of nitrogens with one attached hydrogen (secondary N) is 1. The van der Waals surface area contributed by atoms with Crippen molar-refractivity contribution in [3.05, 3.63) is 46.5 Å². The molecule has 1 aromatic heterocycles. The fourth-order valence-electron chi connectivity index (χ4n) is 1.81. The van der Waals surface area contributed by atoms with Crippen LogP contribution in [0.15, 0.2) is 29.3 Å². The van der Waals surface area contributed by atoms with Crippen molar-refractivity contribution in [1.82, 2.24) is 14.7 Å². The molecule has 0 aliphatic carbocycles. The topological polar surface area (TPSA) is 98.0 Å². The molecule has 0 radical (unpaired) electrons. The quantitative estimate of drug-likeness (QED) is 0.835. The van der Waals surface area contributed by atoms with E-state index in [1.807, 2.05) is 0 Å². The van der Waals surface area contributed by atoms with E-state index in [9.17, 15) is 8.42 Å². The van der Waals surface area contributed by atoms with Gasteiger partial charge in [0.15, 0.2) is 0 Å². The summed E-state index contributed by atoms with van der Waals surface area (Å²) in [5.74, 6) is 0.582. The number of nitrogens with two attached hydrogens (primary N) is 1. The number of halogens is 1. The van der Waals surface area contributed by atoms with Crippen molar-refractivity contribution in [2.24, 2.45) is 0 Å². The summed E-state index contributed by atoms with van der Waals surface area (Å²) in [5, 5.41) is 0.331. The predicted octanol–water partition coefficient (Wildman–Crippen LogP) is 1.81. The smallest absolute Gasteiger partial charge is 0.241 e. The molecule has 6 nitrogen and oxygen atoms in total. The van der Waals surface area contributed by atoms with Gasteiger partial charge in [0.1, 0.15) is 5.82 Å². The van der Waals surface area contributed by atoms with Crippen LogP contribution in [0.3, 0.4) is 0 Å². The van der Waals surface area contributed by atoms with Crippen molar-refractivity contribution in [2.45, 2.75) is 25.3 Å². The van der Waals surface area contributed by atoms with Crippen LogP contribution in [0.5, 0.6) is 0 Å². The number of hydrogen-bond acceptors (Lipinski definition) is 5. The van der Waals surface area contributed by atoms with Gasteiger partial charge in [-0.1, -0.05) is 11.6 Å². The van der Waals surface area contributed by atoms with Crippen molar-refractivity contribution in [1.29, 1.82) is 0 Å². The average molecular weight is 327 g/mol. The van der Waals surface area contributed by atoms with Crippen LogP contribution in [0.2, 0.25) is 5.02 Å². The van der Waals surface area contributed by atoms with Gasteiger partial charge in [0.25, 0.3) is 0 Å². The van der Waals surface area contributed by atoms with Crippen LogP contribution in [0.4, 0.5) is 5.69 Å². The Morgan fingerprint density at radius 2 is 2.05 bits per heavy atom. The first-order valence-corrected chi connectivity index (χ1v) is 7.99. The number of nitrogens with zero attached hydrogens (tertiary/aromatic N) is 2. The van der Waals surface area contributed by atoms with E-state index in [4.69, 9.17) is 17.3 Å². The lowest BCUT2D eigenvalue weighted by atomic mass is 10.2. The van der Waals surface area contributed by atoms with E-state index >= 15 is 0 Å². The Hall–Kier alpha value is -1.70. The van der Waals surface area contributed by atoms with E-state index in [0.29, 0.717) is 22.1 Å². The maximum atomic E-state index is 12.3. The molecule has 0 aliphatic heterocycles. The van der Waals surface area contributed by atoms with Crippen molar-refractivity contribution in [3.8, 4) is 0 Å². The molecule has 2 rings (SSSR count). The third-order valence-corrected chi connectivity index (χ3v) is 4.73. The minimum absolute atomic E-state index is 0.0770. The average Bonchev–Trinajstić information content (AvgIpc) is 2.41. The summed E-state index contributed by atoms with van der Waals surface area (Å²) >= 11 is 5.87. The molecule has 3 N–H and O–H groups in total. The lowest BCUT2D eigenvalue weighted by Crippen LogP contribution is -2.24. The van der Waals surface area contributed by atoms with Crippen molar-refractivity contribution in [3.63, 3.8) is 0 Å². The number of nitrogen functional groups attached to an aromatic ring is 1. The van der Waals surface area contributed by atoms with E-state index in [2.05, 4.69) is 14.7 Å². The van der Waals surface area contributed by atoms with Gasteiger partial charge in [-0.25, -0.2) is 23.1 Å². The summed E-state index contributed by atoms with van der Waals surface area (Å²) in [6.07, 6.45) is 1.58. The maximum Gasteiger partial charge on any atom is 0.241 e. The third kappa shape index (κ3) is 3.69. The molecule has 1 aromatic carbocycles. The summed E-state index contributed by atoms with van der Waals surface area (Å²) in [6, 6.07) is 4.53. The molecule has 0 saturated heterocycles. The molecule has 0 unspecified atom stereocenters.